The minimum Gasteiger partial charge on any atom is -0.381 e. The van der Waals surface area contributed by atoms with Crippen molar-refractivity contribution in [1.29, 1.82) is 0 Å². The zero-order valence-corrected chi connectivity index (χ0v) is 10.6. The van der Waals surface area contributed by atoms with Gasteiger partial charge in [0.2, 0.25) is 0 Å². The molecule has 0 aromatic rings. The Morgan fingerprint density at radius 1 is 0.611 bits per heavy atom. The fraction of sp³-hybridized carbons (Fsp3) is 1.00. The molecular weight excluding hydrogens is 244 g/mol. The fourth-order valence-corrected chi connectivity index (χ4v) is 1.31. The van der Waals surface area contributed by atoms with Crippen molar-refractivity contribution in [3.63, 3.8) is 0 Å². The van der Waals surface area contributed by atoms with E-state index in [2.05, 4.69) is 0 Å². The third-order valence-corrected chi connectivity index (χ3v) is 2.42. The van der Waals surface area contributed by atoms with Gasteiger partial charge in [0.15, 0.2) is 0 Å². The highest BCUT2D eigenvalue weighted by molar-refractivity contribution is 4.58. The molecule has 0 rings (SSSR count). The molecule has 110 valence electrons. The molecule has 0 heterocycles. The molecule has 0 spiro atoms. The lowest BCUT2D eigenvalue weighted by Crippen LogP contribution is -2.39. The normalized spacial score (nSPS) is 11.7. The molecule has 0 amide bonds. The van der Waals surface area contributed by atoms with Crippen LogP contribution in [0.1, 0.15) is 0 Å². The predicted octanol–water partition coefficient (Wildman–Crippen LogP) is -2.58. The van der Waals surface area contributed by atoms with Crippen molar-refractivity contribution in [3.8, 4) is 0 Å². The van der Waals surface area contributed by atoms with Gasteiger partial charge in [-0.25, -0.2) is 0 Å². The number of hydrogen-bond acceptors (Lipinski definition) is 8. The minimum atomic E-state index is -0.333. The summed E-state index contributed by atoms with van der Waals surface area (Å²) in [4.78, 5) is 3.45. The summed E-state index contributed by atoms with van der Waals surface area (Å²) in [5.74, 6) is 0. The Hall–Kier alpha value is -0.320. The molecule has 0 atom stereocenters. The smallest absolute Gasteiger partial charge is 0.143 e. The van der Waals surface area contributed by atoms with Crippen molar-refractivity contribution >= 4 is 0 Å². The molecule has 8 nitrogen and oxygen atoms in total. The minimum absolute atomic E-state index is 0.110. The molecule has 8 heteroatoms. The van der Waals surface area contributed by atoms with Crippen molar-refractivity contribution in [2.45, 2.75) is 0 Å². The second-order valence-corrected chi connectivity index (χ2v) is 3.59. The Bertz CT molecular complexity index is 156. The predicted molar refractivity (Wildman–Crippen MR) is 63.4 cm³/mol. The average Bonchev–Trinajstić information content (AvgIpc) is 2.40. The van der Waals surface area contributed by atoms with Crippen LogP contribution in [0.4, 0.5) is 0 Å². The SMILES string of the molecule is OCOCCN(CO)CCN(CO)CCOCO. The maximum atomic E-state index is 9.09. The first-order chi connectivity index (χ1) is 8.78. The molecule has 0 radical (unpaired) electrons. The number of aliphatic hydroxyl groups excluding tert-OH is 4. The third kappa shape index (κ3) is 9.68. The van der Waals surface area contributed by atoms with E-state index in [0.29, 0.717) is 39.4 Å². The summed E-state index contributed by atoms with van der Waals surface area (Å²) in [7, 11) is 0. The van der Waals surface area contributed by atoms with Gasteiger partial charge in [-0.05, 0) is 0 Å². The van der Waals surface area contributed by atoms with Crippen LogP contribution in [0.2, 0.25) is 0 Å². The largest absolute Gasteiger partial charge is 0.381 e. The molecule has 0 aromatic heterocycles. The highest BCUT2D eigenvalue weighted by Crippen LogP contribution is 1.92. The van der Waals surface area contributed by atoms with E-state index in [0.717, 1.165) is 0 Å². The van der Waals surface area contributed by atoms with E-state index in [1.165, 1.54) is 0 Å². The molecule has 0 saturated carbocycles. The summed E-state index contributed by atoms with van der Waals surface area (Å²) in [5, 5.41) is 35.1. The van der Waals surface area contributed by atoms with E-state index < -0.39 is 0 Å². The van der Waals surface area contributed by atoms with Crippen molar-refractivity contribution in [1.82, 2.24) is 9.80 Å². The van der Waals surface area contributed by atoms with Crippen LogP contribution < -0.4 is 0 Å². The van der Waals surface area contributed by atoms with Gasteiger partial charge >= 0.3 is 0 Å². The standard InChI is InChI=1S/C10H24N2O6/c13-7-11(3-5-17-9-15)1-2-12(8-14)4-6-18-10-16/h13-16H,1-10H2. The summed E-state index contributed by atoms with van der Waals surface area (Å²) < 4.78 is 9.54. The number of hydrogen-bond donors (Lipinski definition) is 4. The molecule has 0 bridgehead atoms. The molecule has 0 aliphatic rings. The van der Waals surface area contributed by atoms with Crippen molar-refractivity contribution < 1.29 is 29.9 Å². The lowest BCUT2D eigenvalue weighted by molar-refractivity contribution is -0.0286. The molecule has 18 heavy (non-hydrogen) atoms. The first-order valence-electron chi connectivity index (χ1n) is 5.82. The van der Waals surface area contributed by atoms with Crippen molar-refractivity contribution in [2.75, 3.05) is 66.4 Å². The number of ether oxygens (including phenoxy) is 2. The van der Waals surface area contributed by atoms with Gasteiger partial charge in [0.05, 0.1) is 26.7 Å². The van der Waals surface area contributed by atoms with Crippen molar-refractivity contribution in [2.24, 2.45) is 0 Å². The van der Waals surface area contributed by atoms with Gasteiger partial charge in [0.1, 0.15) is 13.6 Å². The monoisotopic (exact) mass is 268 g/mol. The molecule has 0 aliphatic heterocycles. The number of aliphatic hydroxyl groups is 4. The molecular formula is C10H24N2O6. The lowest BCUT2D eigenvalue weighted by Gasteiger charge is -2.24. The molecule has 0 aromatic carbocycles. The zero-order chi connectivity index (χ0) is 13.6. The van der Waals surface area contributed by atoms with Gasteiger partial charge < -0.3 is 29.9 Å². The maximum absolute atomic E-state index is 9.09. The zero-order valence-electron chi connectivity index (χ0n) is 10.6. The Labute approximate surface area is 107 Å². The number of nitrogens with zero attached hydrogens (tertiary/aromatic N) is 2. The van der Waals surface area contributed by atoms with Crippen LogP contribution in [0.3, 0.4) is 0 Å². The quantitative estimate of drug-likeness (QED) is 0.213. The topological polar surface area (TPSA) is 106 Å². The molecule has 4 N–H and O–H groups in total. The number of rotatable bonds is 13. The second kappa shape index (κ2) is 13.1. The summed E-state index contributed by atoms with van der Waals surface area (Å²) in [5.41, 5.74) is 0. The van der Waals surface area contributed by atoms with E-state index in [9.17, 15) is 0 Å². The van der Waals surface area contributed by atoms with Crippen LogP contribution in [0.15, 0.2) is 0 Å². The fourth-order valence-electron chi connectivity index (χ4n) is 1.31. The molecule has 0 aliphatic carbocycles. The van der Waals surface area contributed by atoms with E-state index in [4.69, 9.17) is 29.9 Å². The highest BCUT2D eigenvalue weighted by Gasteiger charge is 2.07. The molecule has 0 unspecified atom stereocenters. The lowest BCUT2D eigenvalue weighted by atomic mass is 10.4. The summed E-state index contributed by atoms with van der Waals surface area (Å²) >= 11 is 0. The molecule has 0 saturated heterocycles. The van der Waals surface area contributed by atoms with Gasteiger partial charge in [-0.3, -0.25) is 9.80 Å². The van der Waals surface area contributed by atoms with E-state index >= 15 is 0 Å². The van der Waals surface area contributed by atoms with Gasteiger partial charge in [-0.2, -0.15) is 0 Å². The summed E-state index contributed by atoms with van der Waals surface area (Å²) in [6.07, 6.45) is 0. The van der Waals surface area contributed by atoms with Gasteiger partial charge in [-0.15, -0.1) is 0 Å². The summed E-state index contributed by atoms with van der Waals surface area (Å²) in [6, 6.07) is 0. The van der Waals surface area contributed by atoms with Crippen LogP contribution in [0.25, 0.3) is 0 Å². The van der Waals surface area contributed by atoms with Crippen LogP contribution in [0.5, 0.6) is 0 Å². The van der Waals surface area contributed by atoms with E-state index in [-0.39, 0.29) is 27.0 Å². The van der Waals surface area contributed by atoms with Crippen LogP contribution in [0, 0.1) is 0 Å². The van der Waals surface area contributed by atoms with E-state index in [1.807, 2.05) is 0 Å². The maximum Gasteiger partial charge on any atom is 0.143 e. The van der Waals surface area contributed by atoms with Gasteiger partial charge in [0, 0.05) is 26.2 Å². The Balaban J connectivity index is 3.70. The first-order valence-corrected chi connectivity index (χ1v) is 5.82. The third-order valence-electron chi connectivity index (χ3n) is 2.42. The Morgan fingerprint density at radius 2 is 1.00 bits per heavy atom. The van der Waals surface area contributed by atoms with Crippen LogP contribution >= 0.6 is 0 Å². The summed E-state index contributed by atoms with van der Waals surface area (Å²) in [6.45, 7) is 1.92. The van der Waals surface area contributed by atoms with Gasteiger partial charge in [0.25, 0.3) is 0 Å². The van der Waals surface area contributed by atoms with Crippen LogP contribution in [-0.4, -0.2) is 96.7 Å². The second-order valence-electron chi connectivity index (χ2n) is 3.59. The van der Waals surface area contributed by atoms with Gasteiger partial charge in [-0.1, -0.05) is 0 Å². The molecule has 0 fully saturated rings. The van der Waals surface area contributed by atoms with Crippen LogP contribution in [-0.2, 0) is 9.47 Å². The Kier molecular flexibility index (Phi) is 12.9. The Morgan fingerprint density at radius 3 is 1.28 bits per heavy atom. The van der Waals surface area contributed by atoms with E-state index in [1.54, 1.807) is 9.80 Å². The highest BCUT2D eigenvalue weighted by atomic mass is 16.6. The average molecular weight is 268 g/mol. The first kappa shape index (κ1) is 17.7. The van der Waals surface area contributed by atoms with Crippen molar-refractivity contribution in [3.05, 3.63) is 0 Å².